The Kier molecular flexibility index (Phi) is 8.69. The predicted octanol–water partition coefficient (Wildman–Crippen LogP) is 3.02. The van der Waals surface area contributed by atoms with E-state index in [1.807, 2.05) is 25.2 Å². The van der Waals surface area contributed by atoms with Crippen molar-refractivity contribution in [2.45, 2.75) is 64.3 Å². The van der Waals surface area contributed by atoms with Crippen LogP contribution in [0.15, 0.2) is 22.6 Å². The smallest absolute Gasteiger partial charge is 0.230 e. The molecule has 1 N–H and O–H groups in total. The fourth-order valence-electron chi connectivity index (χ4n) is 4.17. The van der Waals surface area contributed by atoms with Gasteiger partial charge in [-0.05, 0) is 44.6 Å². The highest BCUT2D eigenvalue weighted by Crippen LogP contribution is 2.29. The maximum atomic E-state index is 10.5. The van der Waals surface area contributed by atoms with Crippen molar-refractivity contribution in [3.63, 3.8) is 0 Å². The summed E-state index contributed by atoms with van der Waals surface area (Å²) in [5.41, 5.74) is 1.08. The van der Waals surface area contributed by atoms with E-state index >= 15 is 0 Å². The van der Waals surface area contributed by atoms with Crippen molar-refractivity contribution in [2.24, 2.45) is 0 Å². The summed E-state index contributed by atoms with van der Waals surface area (Å²) in [5, 5.41) is 18.4. The van der Waals surface area contributed by atoms with Crippen molar-refractivity contribution in [1.29, 1.82) is 0 Å². The highest BCUT2D eigenvalue weighted by atomic mass is 16.5. The monoisotopic (exact) mass is 432 g/mol. The summed E-state index contributed by atoms with van der Waals surface area (Å²) in [6.45, 7) is 3.91. The molecule has 1 unspecified atom stereocenters. The normalized spacial score (nSPS) is 16.1. The standard InChI is InChI=1S/C23H36N4O4/c1-17-24-25-23(31-17)15-26(2)13-18-10-11-21(22(12-18)29-4)30-16-20(28)14-27(3)19-8-6-5-7-9-19/h10-12,19-20,28H,5-9,13-16H2,1-4H3. The first-order valence-electron chi connectivity index (χ1n) is 11.1. The summed E-state index contributed by atoms with van der Waals surface area (Å²) >= 11 is 0. The van der Waals surface area contributed by atoms with Gasteiger partial charge in [-0.2, -0.15) is 0 Å². The number of aromatic nitrogens is 2. The molecular weight excluding hydrogens is 396 g/mol. The molecule has 8 heteroatoms. The summed E-state index contributed by atoms with van der Waals surface area (Å²) in [6, 6.07) is 6.45. The lowest BCUT2D eigenvalue weighted by molar-refractivity contribution is 0.0553. The molecule has 1 aromatic carbocycles. The summed E-state index contributed by atoms with van der Waals surface area (Å²) in [4.78, 5) is 4.36. The van der Waals surface area contributed by atoms with E-state index in [9.17, 15) is 5.11 Å². The number of likely N-dealkylation sites (N-methyl/N-ethyl adjacent to an activating group) is 1. The Morgan fingerprint density at radius 2 is 1.90 bits per heavy atom. The van der Waals surface area contributed by atoms with Crippen molar-refractivity contribution in [3.05, 3.63) is 35.5 Å². The largest absolute Gasteiger partial charge is 0.493 e. The van der Waals surface area contributed by atoms with Crippen LogP contribution in [-0.4, -0.2) is 71.6 Å². The first-order valence-corrected chi connectivity index (χ1v) is 11.1. The maximum Gasteiger partial charge on any atom is 0.230 e. The minimum atomic E-state index is -0.541. The average molecular weight is 433 g/mol. The lowest BCUT2D eigenvalue weighted by Gasteiger charge is -2.32. The van der Waals surface area contributed by atoms with Crippen LogP contribution in [0, 0.1) is 6.92 Å². The Morgan fingerprint density at radius 3 is 2.58 bits per heavy atom. The second-order valence-corrected chi connectivity index (χ2v) is 8.57. The number of aliphatic hydroxyl groups excluding tert-OH is 1. The molecule has 0 radical (unpaired) electrons. The lowest BCUT2D eigenvalue weighted by atomic mass is 9.94. The third kappa shape index (κ3) is 7.19. The van der Waals surface area contributed by atoms with Gasteiger partial charge in [0.05, 0.1) is 13.7 Å². The van der Waals surface area contributed by atoms with Crippen LogP contribution in [0.4, 0.5) is 0 Å². The fourth-order valence-corrected chi connectivity index (χ4v) is 4.17. The molecule has 1 atom stereocenters. The molecule has 0 aliphatic heterocycles. The molecule has 0 saturated heterocycles. The predicted molar refractivity (Wildman–Crippen MR) is 118 cm³/mol. The number of aryl methyl sites for hydroxylation is 1. The Balaban J connectivity index is 1.49. The van der Waals surface area contributed by atoms with E-state index in [1.54, 1.807) is 14.0 Å². The van der Waals surface area contributed by atoms with Gasteiger partial charge in [-0.1, -0.05) is 25.3 Å². The minimum absolute atomic E-state index is 0.239. The van der Waals surface area contributed by atoms with Crippen LogP contribution < -0.4 is 9.47 Å². The molecule has 1 fully saturated rings. The summed E-state index contributed by atoms with van der Waals surface area (Å²) < 4.78 is 16.8. The third-order valence-electron chi connectivity index (χ3n) is 5.78. The molecule has 0 spiro atoms. The van der Waals surface area contributed by atoms with Crippen LogP contribution in [-0.2, 0) is 13.1 Å². The molecule has 31 heavy (non-hydrogen) atoms. The zero-order valence-electron chi connectivity index (χ0n) is 19.2. The summed E-state index contributed by atoms with van der Waals surface area (Å²) in [6.07, 6.45) is 5.81. The molecule has 1 heterocycles. The van der Waals surface area contributed by atoms with Gasteiger partial charge in [-0.15, -0.1) is 10.2 Å². The first-order chi connectivity index (χ1) is 14.9. The van der Waals surface area contributed by atoms with E-state index in [4.69, 9.17) is 13.9 Å². The number of methoxy groups -OCH3 is 1. The molecule has 1 aliphatic rings. The van der Waals surface area contributed by atoms with E-state index in [2.05, 4.69) is 27.0 Å². The van der Waals surface area contributed by atoms with Crippen molar-refractivity contribution < 1.29 is 19.0 Å². The molecular formula is C23H36N4O4. The molecule has 2 aromatic rings. The maximum absolute atomic E-state index is 10.5. The topological polar surface area (TPSA) is 84.1 Å². The van der Waals surface area contributed by atoms with Crippen LogP contribution in [0.1, 0.15) is 49.4 Å². The quantitative estimate of drug-likeness (QED) is 0.580. The average Bonchev–Trinajstić information content (AvgIpc) is 3.17. The highest BCUT2D eigenvalue weighted by Gasteiger charge is 2.20. The van der Waals surface area contributed by atoms with Crippen LogP contribution in [0.25, 0.3) is 0 Å². The van der Waals surface area contributed by atoms with Crippen LogP contribution in [0.3, 0.4) is 0 Å². The van der Waals surface area contributed by atoms with Crippen molar-refractivity contribution >= 4 is 0 Å². The van der Waals surface area contributed by atoms with Gasteiger partial charge in [0, 0.05) is 26.1 Å². The number of nitrogens with zero attached hydrogens (tertiary/aromatic N) is 4. The van der Waals surface area contributed by atoms with Gasteiger partial charge < -0.3 is 23.9 Å². The second kappa shape index (κ2) is 11.5. The Morgan fingerprint density at radius 1 is 1.13 bits per heavy atom. The van der Waals surface area contributed by atoms with E-state index in [-0.39, 0.29) is 6.61 Å². The van der Waals surface area contributed by atoms with Crippen molar-refractivity contribution in [3.8, 4) is 11.5 Å². The zero-order valence-corrected chi connectivity index (χ0v) is 19.2. The molecule has 1 aliphatic carbocycles. The second-order valence-electron chi connectivity index (χ2n) is 8.57. The summed E-state index contributed by atoms with van der Waals surface area (Å²) in [5.74, 6) is 2.46. The fraction of sp³-hybridized carbons (Fsp3) is 0.652. The molecule has 0 amide bonds. The zero-order chi connectivity index (χ0) is 22.2. The number of rotatable bonds is 11. The van der Waals surface area contributed by atoms with Crippen LogP contribution >= 0.6 is 0 Å². The molecule has 172 valence electrons. The van der Waals surface area contributed by atoms with Gasteiger partial charge in [0.15, 0.2) is 11.5 Å². The van der Waals surface area contributed by atoms with E-state index in [0.717, 1.165) is 5.56 Å². The molecule has 1 saturated carbocycles. The van der Waals surface area contributed by atoms with Gasteiger partial charge in [0.25, 0.3) is 0 Å². The van der Waals surface area contributed by atoms with Gasteiger partial charge in [-0.3, -0.25) is 4.90 Å². The molecule has 1 aromatic heterocycles. The lowest BCUT2D eigenvalue weighted by Crippen LogP contribution is -2.40. The minimum Gasteiger partial charge on any atom is -0.493 e. The van der Waals surface area contributed by atoms with Gasteiger partial charge in [0.1, 0.15) is 12.7 Å². The Bertz CT molecular complexity index is 807. The number of hydrogen-bond acceptors (Lipinski definition) is 8. The van der Waals surface area contributed by atoms with E-state index < -0.39 is 6.10 Å². The SMILES string of the molecule is COc1cc(CN(C)Cc2nnc(C)o2)ccc1OCC(O)CN(C)C1CCCCC1. The number of hydrogen-bond donors (Lipinski definition) is 1. The van der Waals surface area contributed by atoms with Gasteiger partial charge >= 0.3 is 0 Å². The molecule has 8 nitrogen and oxygen atoms in total. The molecule has 3 rings (SSSR count). The number of ether oxygens (including phenoxy) is 2. The third-order valence-corrected chi connectivity index (χ3v) is 5.78. The van der Waals surface area contributed by atoms with Crippen LogP contribution in [0.5, 0.6) is 11.5 Å². The Labute approximate surface area is 185 Å². The van der Waals surface area contributed by atoms with Crippen LogP contribution in [0.2, 0.25) is 0 Å². The van der Waals surface area contributed by atoms with E-state index in [1.165, 1.54) is 32.1 Å². The van der Waals surface area contributed by atoms with Gasteiger partial charge in [0.2, 0.25) is 11.8 Å². The number of aliphatic hydroxyl groups is 1. The van der Waals surface area contributed by atoms with Crippen molar-refractivity contribution in [2.75, 3.05) is 34.4 Å². The number of benzene rings is 1. The molecule has 0 bridgehead atoms. The first kappa shape index (κ1) is 23.5. The summed E-state index contributed by atoms with van der Waals surface area (Å²) in [7, 11) is 5.72. The Hall–Kier alpha value is -2.16. The highest BCUT2D eigenvalue weighted by molar-refractivity contribution is 5.43. The van der Waals surface area contributed by atoms with Gasteiger partial charge in [-0.25, -0.2) is 0 Å². The van der Waals surface area contributed by atoms with E-state index in [0.29, 0.717) is 49.0 Å². The van der Waals surface area contributed by atoms with Crippen molar-refractivity contribution in [1.82, 2.24) is 20.0 Å².